The van der Waals surface area contributed by atoms with Crippen molar-refractivity contribution in [3.63, 3.8) is 0 Å². The van der Waals surface area contributed by atoms with Crippen LogP contribution in [-0.4, -0.2) is 5.97 Å². The van der Waals surface area contributed by atoms with Gasteiger partial charge in [0.2, 0.25) is 0 Å². The molecule has 0 fully saturated rings. The Balaban J connectivity index is 2.57. The van der Waals surface area contributed by atoms with E-state index in [0.29, 0.717) is 6.42 Å². The SMILES string of the molecule is C=CC(C)(CCC=C(C)C)CC(=O)OC(C)c1ccccc1. The van der Waals surface area contributed by atoms with E-state index in [2.05, 4.69) is 33.4 Å². The first-order valence-electron chi connectivity index (χ1n) is 7.88. The van der Waals surface area contributed by atoms with Gasteiger partial charge >= 0.3 is 5.97 Å². The molecule has 0 saturated heterocycles. The van der Waals surface area contributed by atoms with Crippen LogP contribution in [-0.2, 0) is 9.53 Å². The molecule has 1 aromatic rings. The van der Waals surface area contributed by atoms with Gasteiger partial charge in [0.25, 0.3) is 0 Å². The van der Waals surface area contributed by atoms with Crippen molar-refractivity contribution in [3.8, 4) is 0 Å². The summed E-state index contributed by atoms with van der Waals surface area (Å²) in [6.45, 7) is 12.0. The lowest BCUT2D eigenvalue weighted by atomic mass is 9.82. The predicted molar refractivity (Wildman–Crippen MR) is 92.5 cm³/mol. The Morgan fingerprint density at radius 1 is 1.32 bits per heavy atom. The third-order valence-electron chi connectivity index (χ3n) is 3.89. The van der Waals surface area contributed by atoms with Gasteiger partial charge in [-0.3, -0.25) is 4.79 Å². The maximum absolute atomic E-state index is 12.2. The van der Waals surface area contributed by atoms with Crippen LogP contribution in [0.1, 0.15) is 58.6 Å². The number of hydrogen-bond donors (Lipinski definition) is 0. The van der Waals surface area contributed by atoms with Crippen molar-refractivity contribution in [2.45, 2.75) is 53.1 Å². The fourth-order valence-corrected chi connectivity index (χ4v) is 2.31. The zero-order chi connectivity index (χ0) is 16.6. The van der Waals surface area contributed by atoms with E-state index in [-0.39, 0.29) is 17.5 Å². The van der Waals surface area contributed by atoms with Crippen LogP contribution in [0, 0.1) is 5.41 Å². The van der Waals surface area contributed by atoms with E-state index in [1.54, 1.807) is 0 Å². The van der Waals surface area contributed by atoms with Gasteiger partial charge in [0.1, 0.15) is 6.10 Å². The van der Waals surface area contributed by atoms with E-state index in [0.717, 1.165) is 18.4 Å². The molecule has 2 unspecified atom stereocenters. The Bertz CT molecular complexity index is 512. The number of ether oxygens (including phenoxy) is 1. The Kier molecular flexibility index (Phi) is 7.10. The summed E-state index contributed by atoms with van der Waals surface area (Å²) in [7, 11) is 0. The van der Waals surface area contributed by atoms with E-state index < -0.39 is 0 Å². The highest BCUT2D eigenvalue weighted by Gasteiger charge is 2.25. The highest BCUT2D eigenvalue weighted by atomic mass is 16.5. The largest absolute Gasteiger partial charge is 0.458 e. The summed E-state index contributed by atoms with van der Waals surface area (Å²) < 4.78 is 5.56. The van der Waals surface area contributed by atoms with Crippen LogP contribution in [0.15, 0.2) is 54.6 Å². The van der Waals surface area contributed by atoms with Crippen molar-refractivity contribution in [1.29, 1.82) is 0 Å². The lowest BCUT2D eigenvalue weighted by Gasteiger charge is -2.25. The summed E-state index contributed by atoms with van der Waals surface area (Å²) in [6.07, 6.45) is 6.06. The normalized spacial score (nSPS) is 14.5. The molecule has 22 heavy (non-hydrogen) atoms. The average molecular weight is 300 g/mol. The van der Waals surface area contributed by atoms with Crippen LogP contribution in [0.3, 0.4) is 0 Å². The third kappa shape index (κ3) is 6.30. The molecule has 2 atom stereocenters. The Labute approximate surface area is 134 Å². The van der Waals surface area contributed by atoms with Crippen LogP contribution in [0.4, 0.5) is 0 Å². The molecule has 120 valence electrons. The van der Waals surface area contributed by atoms with Gasteiger partial charge in [0.15, 0.2) is 0 Å². The number of allylic oxidation sites excluding steroid dienone is 3. The average Bonchev–Trinajstić information content (AvgIpc) is 2.47. The standard InChI is InChI=1S/C20H28O2/c1-6-20(5,14-10-11-16(2)3)15-19(21)22-17(4)18-12-8-7-9-13-18/h6-9,11-13,17H,1,10,14-15H2,2-5H3. The number of carbonyl (C=O) groups is 1. The van der Waals surface area contributed by atoms with Crippen molar-refractivity contribution in [2.24, 2.45) is 5.41 Å². The molecular weight excluding hydrogens is 272 g/mol. The second-order valence-electron chi connectivity index (χ2n) is 6.40. The highest BCUT2D eigenvalue weighted by molar-refractivity contribution is 5.71. The third-order valence-corrected chi connectivity index (χ3v) is 3.89. The van der Waals surface area contributed by atoms with E-state index in [9.17, 15) is 4.79 Å². The zero-order valence-corrected chi connectivity index (χ0v) is 14.3. The molecule has 0 N–H and O–H groups in total. The predicted octanol–water partition coefficient (Wildman–Crippen LogP) is 5.62. The highest BCUT2D eigenvalue weighted by Crippen LogP contribution is 2.31. The maximum atomic E-state index is 12.2. The van der Waals surface area contributed by atoms with Crippen LogP contribution in [0.5, 0.6) is 0 Å². The van der Waals surface area contributed by atoms with Gasteiger partial charge < -0.3 is 4.74 Å². The molecule has 0 aliphatic rings. The Morgan fingerprint density at radius 2 is 1.95 bits per heavy atom. The molecule has 0 aliphatic heterocycles. The lowest BCUT2D eigenvalue weighted by Crippen LogP contribution is -2.21. The summed E-state index contributed by atoms with van der Waals surface area (Å²) in [5.74, 6) is -0.170. The minimum absolute atomic E-state index is 0.170. The number of hydrogen-bond acceptors (Lipinski definition) is 2. The van der Waals surface area contributed by atoms with Gasteiger partial charge in [-0.1, -0.05) is 55.0 Å². The molecule has 0 heterocycles. The zero-order valence-electron chi connectivity index (χ0n) is 14.3. The van der Waals surface area contributed by atoms with Gasteiger partial charge in [0, 0.05) is 0 Å². The van der Waals surface area contributed by atoms with Gasteiger partial charge in [0.05, 0.1) is 6.42 Å². The number of carbonyl (C=O) groups excluding carboxylic acids is 1. The van der Waals surface area contributed by atoms with Crippen LogP contribution >= 0.6 is 0 Å². The first-order chi connectivity index (χ1) is 10.4. The second-order valence-corrected chi connectivity index (χ2v) is 6.40. The molecule has 1 rings (SSSR count). The molecule has 0 amide bonds. The second kappa shape index (κ2) is 8.57. The molecule has 0 radical (unpaired) electrons. The molecule has 0 aromatic heterocycles. The topological polar surface area (TPSA) is 26.3 Å². The first-order valence-corrected chi connectivity index (χ1v) is 7.88. The molecule has 0 spiro atoms. The monoisotopic (exact) mass is 300 g/mol. The van der Waals surface area contributed by atoms with Gasteiger partial charge in [-0.05, 0) is 44.6 Å². The summed E-state index contributed by atoms with van der Waals surface area (Å²) in [5, 5.41) is 0. The molecule has 2 heteroatoms. The van der Waals surface area contributed by atoms with E-state index in [1.807, 2.05) is 43.3 Å². The summed E-state index contributed by atoms with van der Waals surface area (Å²) in [4.78, 5) is 12.2. The van der Waals surface area contributed by atoms with Crippen molar-refractivity contribution in [2.75, 3.05) is 0 Å². The minimum atomic E-state index is -0.223. The first kappa shape index (κ1) is 18.2. The molecule has 0 bridgehead atoms. The quantitative estimate of drug-likeness (QED) is 0.460. The molecule has 2 nitrogen and oxygen atoms in total. The Hall–Kier alpha value is -1.83. The summed E-state index contributed by atoms with van der Waals surface area (Å²) in [6, 6.07) is 9.80. The number of benzene rings is 1. The fourth-order valence-electron chi connectivity index (χ4n) is 2.31. The summed E-state index contributed by atoms with van der Waals surface area (Å²) >= 11 is 0. The Morgan fingerprint density at radius 3 is 2.50 bits per heavy atom. The fraction of sp³-hybridized carbons (Fsp3) is 0.450. The molecule has 0 aliphatic carbocycles. The smallest absolute Gasteiger partial charge is 0.307 e. The minimum Gasteiger partial charge on any atom is -0.458 e. The van der Waals surface area contributed by atoms with Crippen LogP contribution in [0.2, 0.25) is 0 Å². The van der Waals surface area contributed by atoms with Crippen molar-refractivity contribution in [3.05, 3.63) is 60.2 Å². The van der Waals surface area contributed by atoms with Crippen molar-refractivity contribution >= 4 is 5.97 Å². The van der Waals surface area contributed by atoms with Crippen LogP contribution < -0.4 is 0 Å². The number of rotatable bonds is 8. The van der Waals surface area contributed by atoms with Gasteiger partial charge in [-0.2, -0.15) is 0 Å². The molecule has 1 aromatic carbocycles. The van der Waals surface area contributed by atoms with Crippen LogP contribution in [0.25, 0.3) is 0 Å². The lowest BCUT2D eigenvalue weighted by molar-refractivity contribution is -0.150. The van der Waals surface area contributed by atoms with Crippen molar-refractivity contribution < 1.29 is 9.53 Å². The van der Waals surface area contributed by atoms with Gasteiger partial charge in [-0.15, -0.1) is 6.58 Å². The van der Waals surface area contributed by atoms with E-state index >= 15 is 0 Å². The summed E-state index contributed by atoms with van der Waals surface area (Å²) in [5.41, 5.74) is 2.09. The molecule has 0 saturated carbocycles. The number of esters is 1. The van der Waals surface area contributed by atoms with E-state index in [4.69, 9.17) is 4.74 Å². The molecular formula is C20H28O2. The van der Waals surface area contributed by atoms with E-state index in [1.165, 1.54) is 5.57 Å². The van der Waals surface area contributed by atoms with Gasteiger partial charge in [-0.25, -0.2) is 0 Å². The maximum Gasteiger partial charge on any atom is 0.307 e. The van der Waals surface area contributed by atoms with Crippen molar-refractivity contribution in [1.82, 2.24) is 0 Å².